The van der Waals surface area contributed by atoms with Crippen LogP contribution >= 0.6 is 0 Å². The minimum atomic E-state index is -2.92. The number of hydrogen-bond donors (Lipinski definition) is 1. The second-order valence-corrected chi connectivity index (χ2v) is 7.93. The van der Waals surface area contributed by atoms with Crippen LogP contribution in [0.3, 0.4) is 0 Å². The van der Waals surface area contributed by atoms with Gasteiger partial charge in [-0.3, -0.25) is 4.99 Å². The second-order valence-electron chi connectivity index (χ2n) is 5.68. The minimum absolute atomic E-state index is 0.149. The first-order chi connectivity index (χ1) is 9.41. The van der Waals surface area contributed by atoms with Crippen molar-refractivity contribution in [3.63, 3.8) is 0 Å². The Bertz CT molecular complexity index is 416. The van der Waals surface area contributed by atoms with Crippen molar-refractivity contribution in [3.05, 3.63) is 0 Å². The maximum absolute atomic E-state index is 11.1. The van der Waals surface area contributed by atoms with Crippen molar-refractivity contribution in [2.75, 3.05) is 38.7 Å². The van der Waals surface area contributed by atoms with Gasteiger partial charge in [0.2, 0.25) is 0 Å². The van der Waals surface area contributed by atoms with Crippen molar-refractivity contribution in [2.45, 2.75) is 33.1 Å². The monoisotopic (exact) mass is 303 g/mol. The van der Waals surface area contributed by atoms with E-state index in [0.29, 0.717) is 6.54 Å². The highest BCUT2D eigenvalue weighted by atomic mass is 32.2. The van der Waals surface area contributed by atoms with Crippen LogP contribution in [0.1, 0.15) is 33.1 Å². The van der Waals surface area contributed by atoms with Crippen LogP contribution in [0.25, 0.3) is 0 Å². The Morgan fingerprint density at radius 1 is 1.40 bits per heavy atom. The molecule has 0 aromatic rings. The smallest absolute Gasteiger partial charge is 0.193 e. The number of guanidine groups is 1. The van der Waals surface area contributed by atoms with Crippen LogP contribution in [-0.2, 0) is 9.84 Å². The van der Waals surface area contributed by atoms with E-state index in [-0.39, 0.29) is 5.75 Å². The van der Waals surface area contributed by atoms with Gasteiger partial charge in [0.25, 0.3) is 0 Å². The molecule has 1 aliphatic rings. The van der Waals surface area contributed by atoms with E-state index in [2.05, 4.69) is 29.1 Å². The molecule has 20 heavy (non-hydrogen) atoms. The predicted octanol–water partition coefficient (Wildman–Crippen LogP) is 1.36. The molecular formula is C14H29N3O2S. The van der Waals surface area contributed by atoms with Crippen LogP contribution < -0.4 is 5.32 Å². The van der Waals surface area contributed by atoms with Crippen LogP contribution in [0, 0.1) is 11.8 Å². The first kappa shape index (κ1) is 17.3. The first-order valence-corrected chi connectivity index (χ1v) is 9.60. The zero-order valence-corrected chi connectivity index (χ0v) is 14.0. The summed E-state index contributed by atoms with van der Waals surface area (Å²) in [5.41, 5.74) is 0. The van der Waals surface area contributed by atoms with E-state index < -0.39 is 9.84 Å². The number of sulfone groups is 1. The summed E-state index contributed by atoms with van der Waals surface area (Å²) < 4.78 is 22.3. The number of likely N-dealkylation sites (tertiary alicyclic amines) is 1. The second kappa shape index (κ2) is 7.86. The summed E-state index contributed by atoms with van der Waals surface area (Å²) >= 11 is 0. The minimum Gasteiger partial charge on any atom is -0.355 e. The standard InChI is InChI=1S/C14H29N3O2S/c1-5-12(6-2)13-7-9-17(11-13)14(15-3)16-8-10-20(4,18)19/h12-13H,5-11H2,1-4H3,(H,15,16)/t13-/m1/s1. The molecule has 0 radical (unpaired) electrons. The van der Waals surface area contributed by atoms with Crippen molar-refractivity contribution in [1.82, 2.24) is 10.2 Å². The highest BCUT2D eigenvalue weighted by Crippen LogP contribution is 2.28. The lowest BCUT2D eigenvalue weighted by molar-refractivity contribution is 0.319. The number of hydrogen-bond acceptors (Lipinski definition) is 3. The van der Waals surface area contributed by atoms with Crippen LogP contribution in [0.5, 0.6) is 0 Å². The number of nitrogens with zero attached hydrogens (tertiary/aromatic N) is 2. The largest absolute Gasteiger partial charge is 0.355 e. The van der Waals surface area contributed by atoms with Gasteiger partial charge in [-0.1, -0.05) is 26.7 Å². The fourth-order valence-electron chi connectivity index (χ4n) is 3.00. The average Bonchev–Trinajstić information content (AvgIpc) is 2.84. The third kappa shape index (κ3) is 5.31. The lowest BCUT2D eigenvalue weighted by atomic mass is 9.87. The van der Waals surface area contributed by atoms with Crippen molar-refractivity contribution < 1.29 is 8.42 Å². The molecule has 1 rings (SSSR count). The van der Waals surface area contributed by atoms with E-state index in [9.17, 15) is 8.42 Å². The highest BCUT2D eigenvalue weighted by Gasteiger charge is 2.29. The van der Waals surface area contributed by atoms with Crippen LogP contribution in [0.2, 0.25) is 0 Å². The third-order valence-corrected chi connectivity index (χ3v) is 5.15. The van der Waals surface area contributed by atoms with E-state index in [1.807, 2.05) is 0 Å². The lowest BCUT2D eigenvalue weighted by Gasteiger charge is -2.24. The molecule has 0 aromatic carbocycles. The molecule has 0 saturated carbocycles. The Hall–Kier alpha value is -0.780. The van der Waals surface area contributed by atoms with Crippen molar-refractivity contribution >= 4 is 15.8 Å². The highest BCUT2D eigenvalue weighted by molar-refractivity contribution is 7.90. The molecule has 1 aliphatic heterocycles. The fraction of sp³-hybridized carbons (Fsp3) is 0.929. The van der Waals surface area contributed by atoms with E-state index in [0.717, 1.165) is 30.9 Å². The molecular weight excluding hydrogens is 274 g/mol. The van der Waals surface area contributed by atoms with Crippen LogP contribution in [-0.4, -0.2) is 58.0 Å². The molecule has 6 heteroatoms. The average molecular weight is 303 g/mol. The van der Waals surface area contributed by atoms with Gasteiger partial charge in [0, 0.05) is 32.9 Å². The van der Waals surface area contributed by atoms with Crippen molar-refractivity contribution in [2.24, 2.45) is 16.8 Å². The topological polar surface area (TPSA) is 61.8 Å². The van der Waals surface area contributed by atoms with E-state index in [1.54, 1.807) is 7.05 Å². The molecule has 0 amide bonds. The Kier molecular flexibility index (Phi) is 6.79. The summed E-state index contributed by atoms with van der Waals surface area (Å²) in [6, 6.07) is 0. The van der Waals surface area contributed by atoms with E-state index >= 15 is 0 Å². The van der Waals surface area contributed by atoms with Gasteiger partial charge in [-0.15, -0.1) is 0 Å². The molecule has 0 spiro atoms. The van der Waals surface area contributed by atoms with Crippen molar-refractivity contribution in [3.8, 4) is 0 Å². The van der Waals surface area contributed by atoms with E-state index in [1.165, 1.54) is 25.5 Å². The molecule has 1 atom stereocenters. The zero-order chi connectivity index (χ0) is 15.2. The molecule has 1 heterocycles. The van der Waals surface area contributed by atoms with Gasteiger partial charge in [0.05, 0.1) is 5.75 Å². The SMILES string of the molecule is CCC(CC)[C@@H]1CCN(C(=NC)NCCS(C)(=O)=O)C1. The van der Waals surface area contributed by atoms with Gasteiger partial charge < -0.3 is 10.2 Å². The number of aliphatic imine (C=N–C) groups is 1. The third-order valence-electron chi connectivity index (χ3n) is 4.21. The molecule has 5 nitrogen and oxygen atoms in total. The molecule has 1 saturated heterocycles. The Morgan fingerprint density at radius 2 is 2.05 bits per heavy atom. The Balaban J connectivity index is 2.48. The summed E-state index contributed by atoms with van der Waals surface area (Å²) in [5, 5.41) is 3.16. The Labute approximate surface area is 123 Å². The van der Waals surface area contributed by atoms with Crippen LogP contribution in [0.4, 0.5) is 0 Å². The van der Waals surface area contributed by atoms with Crippen molar-refractivity contribution in [1.29, 1.82) is 0 Å². The summed E-state index contributed by atoms with van der Waals surface area (Å²) in [6.07, 6.45) is 4.93. The van der Waals surface area contributed by atoms with Gasteiger partial charge in [0.15, 0.2) is 5.96 Å². The van der Waals surface area contributed by atoms with Gasteiger partial charge in [0.1, 0.15) is 9.84 Å². The predicted molar refractivity (Wildman–Crippen MR) is 84.8 cm³/mol. The zero-order valence-electron chi connectivity index (χ0n) is 13.2. The first-order valence-electron chi connectivity index (χ1n) is 7.54. The Morgan fingerprint density at radius 3 is 2.55 bits per heavy atom. The summed E-state index contributed by atoms with van der Waals surface area (Å²) in [5.74, 6) is 2.50. The molecule has 0 bridgehead atoms. The molecule has 0 aromatic heterocycles. The van der Waals surface area contributed by atoms with Gasteiger partial charge in [-0.25, -0.2) is 8.42 Å². The number of nitrogens with one attached hydrogen (secondary N) is 1. The fourth-order valence-corrected chi connectivity index (χ4v) is 3.47. The molecule has 1 fully saturated rings. The quantitative estimate of drug-likeness (QED) is 0.594. The maximum Gasteiger partial charge on any atom is 0.193 e. The van der Waals surface area contributed by atoms with E-state index in [4.69, 9.17) is 0 Å². The van der Waals surface area contributed by atoms with Gasteiger partial charge in [-0.2, -0.15) is 0 Å². The summed E-state index contributed by atoms with van der Waals surface area (Å²) in [7, 11) is -1.16. The molecule has 118 valence electrons. The van der Waals surface area contributed by atoms with Crippen LogP contribution in [0.15, 0.2) is 4.99 Å². The number of rotatable bonds is 6. The maximum atomic E-state index is 11.1. The normalized spacial score (nSPS) is 20.8. The summed E-state index contributed by atoms with van der Waals surface area (Å²) in [6.45, 7) is 6.99. The van der Waals surface area contributed by atoms with Gasteiger partial charge >= 0.3 is 0 Å². The van der Waals surface area contributed by atoms with Gasteiger partial charge in [-0.05, 0) is 18.3 Å². The molecule has 0 unspecified atom stereocenters. The lowest BCUT2D eigenvalue weighted by Crippen LogP contribution is -2.42. The molecule has 0 aliphatic carbocycles. The summed E-state index contributed by atoms with van der Waals surface area (Å²) in [4.78, 5) is 6.53. The molecule has 1 N–H and O–H groups in total.